The van der Waals surface area contributed by atoms with Gasteiger partial charge in [0.15, 0.2) is 5.69 Å². The molecule has 8 heteroatoms. The minimum Gasteiger partial charge on any atom is -0.352 e. The standard InChI is InChI=1S/C28H22N6O2/c35-26-7-4-17-2-1-3-19(8-17)22-10-23(16-30-15-22)32-28(36)27-24-11-20(5-6-25(24)33-34-27)21-9-18(13-31-26)12-29-14-21/h1-3,5-6,8-12,14-16H,4,7,13H2,(H,31,35)(H,32,36)(H,33,34). The molecule has 1 aliphatic heterocycles. The van der Waals surface area contributed by atoms with Crippen LogP contribution in [0.15, 0.2) is 79.4 Å². The molecule has 8 bridgehead atoms. The van der Waals surface area contributed by atoms with Crippen LogP contribution >= 0.6 is 0 Å². The summed E-state index contributed by atoms with van der Waals surface area (Å²) in [6, 6.07) is 17.6. The van der Waals surface area contributed by atoms with E-state index in [9.17, 15) is 9.59 Å². The van der Waals surface area contributed by atoms with Gasteiger partial charge in [-0.05, 0) is 52.9 Å². The van der Waals surface area contributed by atoms with Gasteiger partial charge in [-0.1, -0.05) is 30.3 Å². The molecule has 0 radical (unpaired) electrons. The first-order valence-electron chi connectivity index (χ1n) is 11.7. The number of benzene rings is 2. The van der Waals surface area contributed by atoms with Gasteiger partial charge >= 0.3 is 0 Å². The second kappa shape index (κ2) is 9.07. The topological polar surface area (TPSA) is 113 Å². The number of anilines is 1. The van der Waals surface area contributed by atoms with Gasteiger partial charge in [0.2, 0.25) is 5.91 Å². The van der Waals surface area contributed by atoms with Crippen molar-refractivity contribution in [3.05, 3.63) is 96.2 Å². The molecule has 4 heterocycles. The Morgan fingerprint density at radius 2 is 1.53 bits per heavy atom. The highest BCUT2D eigenvalue weighted by Crippen LogP contribution is 2.27. The summed E-state index contributed by atoms with van der Waals surface area (Å²) < 4.78 is 0. The molecule has 176 valence electrons. The van der Waals surface area contributed by atoms with Crippen molar-refractivity contribution in [2.45, 2.75) is 19.4 Å². The lowest BCUT2D eigenvalue weighted by Crippen LogP contribution is -2.23. The summed E-state index contributed by atoms with van der Waals surface area (Å²) in [5.74, 6) is -0.342. The summed E-state index contributed by atoms with van der Waals surface area (Å²) >= 11 is 0. The first-order chi connectivity index (χ1) is 17.6. The largest absolute Gasteiger partial charge is 0.352 e. The van der Waals surface area contributed by atoms with Crippen molar-refractivity contribution in [1.82, 2.24) is 25.5 Å². The smallest absolute Gasteiger partial charge is 0.276 e. The first kappa shape index (κ1) is 21.7. The van der Waals surface area contributed by atoms with Crippen LogP contribution < -0.4 is 10.6 Å². The molecule has 5 aromatic rings. The monoisotopic (exact) mass is 474 g/mol. The van der Waals surface area contributed by atoms with E-state index in [1.54, 1.807) is 24.8 Å². The Morgan fingerprint density at radius 1 is 0.722 bits per heavy atom. The molecule has 1 aliphatic rings. The molecule has 0 atom stereocenters. The number of carbonyl (C=O) groups excluding carboxylic acids is 2. The van der Waals surface area contributed by atoms with Crippen molar-refractivity contribution in [3.63, 3.8) is 0 Å². The van der Waals surface area contributed by atoms with E-state index in [1.165, 1.54) is 0 Å². The molecule has 3 N–H and O–H groups in total. The quantitative estimate of drug-likeness (QED) is 0.306. The van der Waals surface area contributed by atoms with Gasteiger partial charge in [0, 0.05) is 48.1 Å². The van der Waals surface area contributed by atoms with E-state index >= 15 is 0 Å². The van der Waals surface area contributed by atoms with E-state index in [0.717, 1.165) is 38.9 Å². The van der Waals surface area contributed by atoms with Gasteiger partial charge in [-0.25, -0.2) is 0 Å². The molecule has 2 amide bonds. The summed E-state index contributed by atoms with van der Waals surface area (Å²) in [7, 11) is 0. The molecule has 0 saturated heterocycles. The first-order valence-corrected chi connectivity index (χ1v) is 11.7. The second-order valence-corrected chi connectivity index (χ2v) is 8.81. The van der Waals surface area contributed by atoms with Crippen molar-refractivity contribution in [3.8, 4) is 22.3 Å². The number of aryl methyl sites for hydroxylation is 1. The number of nitrogens with one attached hydrogen (secondary N) is 3. The van der Waals surface area contributed by atoms with E-state index in [2.05, 4.69) is 30.8 Å². The number of aromatic nitrogens is 4. The summed E-state index contributed by atoms with van der Waals surface area (Å²) in [5, 5.41) is 13.8. The summed E-state index contributed by atoms with van der Waals surface area (Å²) in [5.41, 5.74) is 7.19. The molecule has 0 unspecified atom stereocenters. The molecule has 0 fully saturated rings. The van der Waals surface area contributed by atoms with Crippen LogP contribution in [0.3, 0.4) is 0 Å². The van der Waals surface area contributed by atoms with Crippen LogP contribution in [0.1, 0.15) is 28.0 Å². The molecule has 0 spiro atoms. The third-order valence-corrected chi connectivity index (χ3v) is 6.29. The number of nitrogens with zero attached hydrogens (tertiary/aromatic N) is 3. The minimum atomic E-state index is -0.324. The molecular formula is C28H22N6O2. The average Bonchev–Trinajstić information content (AvgIpc) is 3.34. The Morgan fingerprint density at radius 3 is 2.44 bits per heavy atom. The van der Waals surface area contributed by atoms with Crippen LogP contribution in [0.25, 0.3) is 33.2 Å². The van der Waals surface area contributed by atoms with Crippen LogP contribution in [-0.4, -0.2) is 32.0 Å². The number of rotatable bonds is 0. The van der Waals surface area contributed by atoms with Gasteiger partial charge in [0.05, 0.1) is 17.4 Å². The van der Waals surface area contributed by atoms with Gasteiger partial charge in [-0.15, -0.1) is 0 Å². The summed E-state index contributed by atoms with van der Waals surface area (Å²) in [4.78, 5) is 34.4. The zero-order valence-corrected chi connectivity index (χ0v) is 19.3. The highest BCUT2D eigenvalue weighted by Gasteiger charge is 2.16. The van der Waals surface area contributed by atoms with Crippen molar-refractivity contribution < 1.29 is 9.59 Å². The number of aromatic amines is 1. The molecule has 6 rings (SSSR count). The highest BCUT2D eigenvalue weighted by molar-refractivity contribution is 6.11. The fourth-order valence-electron chi connectivity index (χ4n) is 4.42. The van der Waals surface area contributed by atoms with Crippen molar-refractivity contribution in [2.24, 2.45) is 0 Å². The van der Waals surface area contributed by atoms with Gasteiger partial charge in [0.25, 0.3) is 5.91 Å². The number of H-pyrrole nitrogens is 1. The van der Waals surface area contributed by atoms with Crippen LogP contribution in [0.5, 0.6) is 0 Å². The SMILES string of the molecule is O=C1CCc2cccc(c2)-c2cncc(c2)NC(=O)c2n[nH]c3ccc(cc23)-c2cncc(c2)CN1. The van der Waals surface area contributed by atoms with Crippen LogP contribution in [0, 0.1) is 0 Å². The Balaban J connectivity index is 1.44. The molecular weight excluding hydrogens is 452 g/mol. The fourth-order valence-corrected chi connectivity index (χ4v) is 4.42. The number of amides is 2. The molecule has 36 heavy (non-hydrogen) atoms. The number of fused-ring (bicyclic) bond motifs is 9. The van der Waals surface area contributed by atoms with Gasteiger partial charge in [-0.3, -0.25) is 24.7 Å². The lowest BCUT2D eigenvalue weighted by Gasteiger charge is -2.10. The van der Waals surface area contributed by atoms with Crippen LogP contribution in [0.4, 0.5) is 5.69 Å². The fraction of sp³-hybridized carbons (Fsp3) is 0.107. The van der Waals surface area contributed by atoms with E-state index in [4.69, 9.17) is 0 Å². The van der Waals surface area contributed by atoms with E-state index < -0.39 is 0 Å². The van der Waals surface area contributed by atoms with Crippen molar-refractivity contribution in [2.75, 3.05) is 5.32 Å². The highest BCUT2D eigenvalue weighted by atomic mass is 16.2. The number of hydrogen-bond acceptors (Lipinski definition) is 5. The van der Waals surface area contributed by atoms with Crippen LogP contribution in [-0.2, 0) is 17.8 Å². The van der Waals surface area contributed by atoms with E-state index in [-0.39, 0.29) is 11.8 Å². The predicted molar refractivity (Wildman–Crippen MR) is 137 cm³/mol. The Hall–Kier alpha value is -4.85. The molecule has 0 aliphatic carbocycles. The van der Waals surface area contributed by atoms with E-state index in [1.807, 2.05) is 54.6 Å². The minimum absolute atomic E-state index is 0.0176. The average molecular weight is 475 g/mol. The predicted octanol–water partition coefficient (Wildman–Crippen LogP) is 4.50. The summed E-state index contributed by atoms with van der Waals surface area (Å²) in [6.07, 6.45) is 7.87. The van der Waals surface area contributed by atoms with Gasteiger partial charge in [-0.2, -0.15) is 5.10 Å². The normalized spacial score (nSPS) is 13.8. The maximum atomic E-state index is 13.2. The lowest BCUT2D eigenvalue weighted by atomic mass is 10.0. The molecule has 3 aromatic heterocycles. The van der Waals surface area contributed by atoms with Crippen LogP contribution in [0.2, 0.25) is 0 Å². The maximum absolute atomic E-state index is 13.2. The third-order valence-electron chi connectivity index (χ3n) is 6.29. The lowest BCUT2D eigenvalue weighted by molar-refractivity contribution is -0.121. The maximum Gasteiger partial charge on any atom is 0.276 e. The van der Waals surface area contributed by atoms with Gasteiger partial charge < -0.3 is 10.6 Å². The number of carbonyl (C=O) groups is 2. The third kappa shape index (κ3) is 4.32. The molecule has 8 nitrogen and oxygen atoms in total. The van der Waals surface area contributed by atoms with Gasteiger partial charge in [0.1, 0.15) is 0 Å². The molecule has 2 aromatic carbocycles. The zero-order valence-electron chi connectivity index (χ0n) is 19.3. The molecule has 0 saturated carbocycles. The van der Waals surface area contributed by atoms with E-state index in [0.29, 0.717) is 36.2 Å². The zero-order chi connectivity index (χ0) is 24.5. The Bertz CT molecular complexity index is 1620. The van der Waals surface area contributed by atoms with Crippen molar-refractivity contribution >= 4 is 28.4 Å². The number of pyridine rings is 2. The van der Waals surface area contributed by atoms with Crippen molar-refractivity contribution in [1.29, 1.82) is 0 Å². The Labute approximate surface area is 206 Å². The Kier molecular flexibility index (Phi) is 5.46. The number of hydrogen-bond donors (Lipinski definition) is 3. The second-order valence-electron chi connectivity index (χ2n) is 8.81. The summed E-state index contributed by atoms with van der Waals surface area (Å²) in [6.45, 7) is 0.389.